The molecular weight excluding hydrogens is 308 g/mol. The molecule has 2 aromatic rings. The van der Waals surface area contributed by atoms with Crippen molar-refractivity contribution in [1.82, 2.24) is 9.88 Å². The van der Waals surface area contributed by atoms with E-state index in [0.29, 0.717) is 35.5 Å². The first-order chi connectivity index (χ1) is 11.7. The minimum atomic E-state index is -0.296. The Labute approximate surface area is 140 Å². The zero-order valence-corrected chi connectivity index (χ0v) is 14.1. The Bertz CT molecular complexity index is 805. The topological polar surface area (TPSA) is 71.6 Å². The lowest BCUT2D eigenvalue weighted by molar-refractivity contribution is 0.0760. The van der Waals surface area contributed by atoms with Gasteiger partial charge in [-0.3, -0.25) is 9.59 Å². The molecule has 128 valence electrons. The Morgan fingerprint density at radius 2 is 1.79 bits per heavy atom. The van der Waals surface area contributed by atoms with Crippen molar-refractivity contribution in [1.29, 1.82) is 0 Å². The monoisotopic (exact) mass is 330 g/mol. The highest BCUT2D eigenvalue weighted by Gasteiger charge is 2.22. The van der Waals surface area contributed by atoms with E-state index in [4.69, 9.17) is 9.47 Å². The number of aromatic nitrogens is 1. The van der Waals surface area contributed by atoms with Crippen LogP contribution in [-0.2, 0) is 0 Å². The van der Waals surface area contributed by atoms with Crippen molar-refractivity contribution in [2.75, 3.05) is 27.3 Å². The van der Waals surface area contributed by atoms with Gasteiger partial charge in [0.05, 0.1) is 25.1 Å². The van der Waals surface area contributed by atoms with Crippen LogP contribution in [0.5, 0.6) is 11.5 Å². The van der Waals surface area contributed by atoms with Crippen molar-refractivity contribution >= 4 is 16.8 Å². The molecule has 1 N–H and O–H groups in total. The van der Waals surface area contributed by atoms with Crippen LogP contribution in [0.3, 0.4) is 0 Å². The average Bonchev–Trinajstić information content (AvgIpc) is 2.90. The molecule has 0 radical (unpaired) electrons. The zero-order valence-electron chi connectivity index (χ0n) is 14.1. The summed E-state index contributed by atoms with van der Waals surface area (Å²) in [6, 6.07) is 3.34. The molecule has 2 heterocycles. The van der Waals surface area contributed by atoms with E-state index in [1.807, 2.05) is 0 Å². The molecule has 1 fully saturated rings. The lowest BCUT2D eigenvalue weighted by Crippen LogP contribution is -2.35. The summed E-state index contributed by atoms with van der Waals surface area (Å²) in [6.45, 7) is 1.41. The summed E-state index contributed by atoms with van der Waals surface area (Å²) >= 11 is 0. The molecular formula is C18H22N2O4. The molecule has 6 heteroatoms. The number of carbonyl (C=O) groups excluding carboxylic acids is 1. The summed E-state index contributed by atoms with van der Waals surface area (Å²) in [7, 11) is 3.06. The number of hydrogen-bond donors (Lipinski definition) is 1. The maximum Gasteiger partial charge on any atom is 0.259 e. The number of rotatable bonds is 3. The normalized spacial score (nSPS) is 15.2. The van der Waals surface area contributed by atoms with Gasteiger partial charge in [-0.2, -0.15) is 0 Å². The molecule has 0 saturated carbocycles. The van der Waals surface area contributed by atoms with Crippen molar-refractivity contribution in [3.63, 3.8) is 0 Å². The molecule has 0 atom stereocenters. The van der Waals surface area contributed by atoms with Gasteiger partial charge in [0.1, 0.15) is 17.1 Å². The number of methoxy groups -OCH3 is 2. The van der Waals surface area contributed by atoms with Crippen LogP contribution >= 0.6 is 0 Å². The summed E-state index contributed by atoms with van der Waals surface area (Å²) in [6.07, 6.45) is 5.73. The zero-order chi connectivity index (χ0) is 17.1. The Balaban J connectivity index is 2.07. The van der Waals surface area contributed by atoms with Crippen LogP contribution in [0.15, 0.2) is 23.1 Å². The summed E-state index contributed by atoms with van der Waals surface area (Å²) < 4.78 is 10.5. The first-order valence-electron chi connectivity index (χ1n) is 8.22. The van der Waals surface area contributed by atoms with Crippen LogP contribution in [0.1, 0.15) is 36.0 Å². The van der Waals surface area contributed by atoms with Crippen molar-refractivity contribution in [3.8, 4) is 11.5 Å². The van der Waals surface area contributed by atoms with Gasteiger partial charge in [0.25, 0.3) is 5.91 Å². The van der Waals surface area contributed by atoms with Crippen molar-refractivity contribution in [2.24, 2.45) is 0 Å². The molecule has 1 aliphatic heterocycles. The third-order valence-electron chi connectivity index (χ3n) is 4.51. The second-order valence-corrected chi connectivity index (χ2v) is 5.99. The van der Waals surface area contributed by atoms with Crippen molar-refractivity contribution < 1.29 is 14.3 Å². The second kappa shape index (κ2) is 6.95. The Kier molecular flexibility index (Phi) is 4.74. The van der Waals surface area contributed by atoms with Gasteiger partial charge in [-0.25, -0.2) is 0 Å². The van der Waals surface area contributed by atoms with Crippen LogP contribution in [-0.4, -0.2) is 43.1 Å². The number of aromatic amines is 1. The van der Waals surface area contributed by atoms with E-state index in [1.54, 1.807) is 17.0 Å². The molecule has 1 amide bonds. The lowest BCUT2D eigenvalue weighted by atomic mass is 10.1. The first-order valence-corrected chi connectivity index (χ1v) is 8.22. The number of pyridine rings is 1. The van der Waals surface area contributed by atoms with E-state index >= 15 is 0 Å². The van der Waals surface area contributed by atoms with Gasteiger partial charge in [-0.05, 0) is 18.9 Å². The molecule has 1 saturated heterocycles. The number of likely N-dealkylation sites (tertiary alicyclic amines) is 1. The molecule has 1 aliphatic rings. The fraction of sp³-hybridized carbons (Fsp3) is 0.444. The molecule has 24 heavy (non-hydrogen) atoms. The Morgan fingerprint density at radius 3 is 2.42 bits per heavy atom. The molecule has 0 spiro atoms. The number of carbonyl (C=O) groups is 1. The number of fused-ring (bicyclic) bond motifs is 1. The quantitative estimate of drug-likeness (QED) is 0.939. The standard InChI is InChI=1S/C18H22N2O4/c1-23-12-9-13-16(15(10-12)24-2)19-11-14(17(13)21)18(22)20-7-5-3-4-6-8-20/h9-11H,3-8H2,1-2H3,(H,19,21). The van der Waals surface area contributed by atoms with Crippen molar-refractivity contribution in [2.45, 2.75) is 25.7 Å². The molecule has 1 aromatic heterocycles. The highest BCUT2D eigenvalue weighted by atomic mass is 16.5. The predicted octanol–water partition coefficient (Wildman–Crippen LogP) is 2.56. The van der Waals surface area contributed by atoms with Crippen molar-refractivity contribution in [3.05, 3.63) is 34.1 Å². The summed E-state index contributed by atoms with van der Waals surface area (Å²) in [5.74, 6) is 0.821. The van der Waals surface area contributed by atoms with Gasteiger partial charge in [0.15, 0.2) is 0 Å². The van der Waals surface area contributed by atoms with Crippen LogP contribution < -0.4 is 14.9 Å². The Hall–Kier alpha value is -2.50. The minimum absolute atomic E-state index is 0.166. The maximum atomic E-state index is 12.9. The summed E-state index contributed by atoms with van der Waals surface area (Å²) in [4.78, 5) is 30.4. The number of ether oxygens (including phenoxy) is 2. The minimum Gasteiger partial charge on any atom is -0.497 e. The SMILES string of the molecule is COc1cc(OC)c2[nH]cc(C(=O)N3CCCCCC3)c(=O)c2c1. The lowest BCUT2D eigenvalue weighted by Gasteiger charge is -2.20. The molecule has 0 bridgehead atoms. The molecule has 0 unspecified atom stereocenters. The van der Waals surface area contributed by atoms with Gasteiger partial charge in [-0.1, -0.05) is 12.8 Å². The van der Waals surface area contributed by atoms with E-state index in [-0.39, 0.29) is 16.9 Å². The number of nitrogens with one attached hydrogen (secondary N) is 1. The maximum absolute atomic E-state index is 12.9. The number of H-pyrrole nitrogens is 1. The average molecular weight is 330 g/mol. The highest BCUT2D eigenvalue weighted by Crippen LogP contribution is 2.28. The van der Waals surface area contributed by atoms with E-state index in [9.17, 15) is 9.59 Å². The summed E-state index contributed by atoms with van der Waals surface area (Å²) in [5, 5.41) is 0.395. The first kappa shape index (κ1) is 16.4. The predicted molar refractivity (Wildman–Crippen MR) is 92.0 cm³/mol. The number of nitrogens with zero attached hydrogens (tertiary/aromatic N) is 1. The molecule has 3 rings (SSSR count). The number of amides is 1. The second-order valence-electron chi connectivity index (χ2n) is 5.99. The fourth-order valence-corrected chi connectivity index (χ4v) is 3.15. The largest absolute Gasteiger partial charge is 0.497 e. The van der Waals surface area contributed by atoms with Gasteiger partial charge in [0, 0.05) is 25.4 Å². The van der Waals surface area contributed by atoms with Gasteiger partial charge in [0.2, 0.25) is 5.43 Å². The van der Waals surface area contributed by atoms with Gasteiger partial charge >= 0.3 is 0 Å². The van der Waals surface area contributed by atoms with Crippen LogP contribution in [0.25, 0.3) is 10.9 Å². The van der Waals surface area contributed by atoms with E-state index in [0.717, 1.165) is 25.7 Å². The van der Waals surface area contributed by atoms with Gasteiger partial charge in [-0.15, -0.1) is 0 Å². The van der Waals surface area contributed by atoms with E-state index in [1.165, 1.54) is 20.4 Å². The molecule has 0 aliphatic carbocycles. The number of hydrogen-bond acceptors (Lipinski definition) is 4. The van der Waals surface area contributed by atoms with Crippen LogP contribution in [0.2, 0.25) is 0 Å². The molecule has 6 nitrogen and oxygen atoms in total. The van der Waals surface area contributed by atoms with Crippen LogP contribution in [0, 0.1) is 0 Å². The number of benzene rings is 1. The van der Waals surface area contributed by atoms with Crippen LogP contribution in [0.4, 0.5) is 0 Å². The van der Waals surface area contributed by atoms with Gasteiger partial charge < -0.3 is 19.4 Å². The molecule has 1 aromatic carbocycles. The van der Waals surface area contributed by atoms with E-state index < -0.39 is 0 Å². The third-order valence-corrected chi connectivity index (χ3v) is 4.51. The smallest absolute Gasteiger partial charge is 0.259 e. The fourth-order valence-electron chi connectivity index (χ4n) is 3.15. The summed E-state index contributed by atoms with van der Waals surface area (Å²) in [5.41, 5.74) is 0.436. The van der Waals surface area contributed by atoms with E-state index in [2.05, 4.69) is 4.98 Å². The Morgan fingerprint density at radius 1 is 1.08 bits per heavy atom. The highest BCUT2D eigenvalue weighted by molar-refractivity contribution is 5.98. The third kappa shape index (κ3) is 2.96.